The van der Waals surface area contributed by atoms with Crippen LogP contribution in [0.1, 0.15) is 20.3 Å². The third-order valence-corrected chi connectivity index (χ3v) is 5.21. The van der Waals surface area contributed by atoms with Crippen LogP contribution in [0.5, 0.6) is 0 Å². The lowest BCUT2D eigenvalue weighted by Gasteiger charge is -2.05. The lowest BCUT2D eigenvalue weighted by Crippen LogP contribution is -2.03. The molecule has 0 radical (unpaired) electrons. The normalized spacial score (nSPS) is 11.5. The smallest absolute Gasteiger partial charge is 0.176 e. The molecule has 8 heteroatoms. The number of aromatic nitrogens is 5. The molecule has 0 bridgehead atoms. The molecular formula is C14H18N6S2. The van der Waals surface area contributed by atoms with Gasteiger partial charge in [-0.2, -0.15) is 5.10 Å². The zero-order valence-electron chi connectivity index (χ0n) is 12.8. The van der Waals surface area contributed by atoms with Crippen LogP contribution in [-0.2, 0) is 6.54 Å². The number of aryl methyl sites for hydroxylation is 1. The second kappa shape index (κ2) is 6.62. The Labute approximate surface area is 137 Å². The first-order chi connectivity index (χ1) is 10.7. The highest BCUT2D eigenvalue weighted by molar-refractivity contribution is 8.00. The van der Waals surface area contributed by atoms with E-state index in [-0.39, 0.29) is 0 Å². The van der Waals surface area contributed by atoms with E-state index in [2.05, 4.69) is 39.2 Å². The van der Waals surface area contributed by atoms with Crippen molar-refractivity contribution in [1.82, 2.24) is 24.7 Å². The molecule has 0 amide bonds. The molecule has 6 nitrogen and oxygen atoms in total. The van der Waals surface area contributed by atoms with Gasteiger partial charge in [0.25, 0.3) is 0 Å². The summed E-state index contributed by atoms with van der Waals surface area (Å²) < 4.78 is 3.91. The van der Waals surface area contributed by atoms with Crippen molar-refractivity contribution in [3.63, 3.8) is 0 Å². The van der Waals surface area contributed by atoms with Crippen LogP contribution in [0.2, 0.25) is 0 Å². The number of anilines is 2. The van der Waals surface area contributed by atoms with Gasteiger partial charge in [0.1, 0.15) is 11.0 Å². The highest BCUT2D eigenvalue weighted by Crippen LogP contribution is 2.31. The number of nitrogens with zero attached hydrogens (tertiary/aromatic N) is 5. The van der Waals surface area contributed by atoms with Gasteiger partial charge in [-0.05, 0) is 18.6 Å². The molecule has 0 aliphatic heterocycles. The molecule has 0 aliphatic carbocycles. The Morgan fingerprint density at radius 1 is 1.36 bits per heavy atom. The number of hydrogen-bond donors (Lipinski definition) is 1. The molecule has 0 fully saturated rings. The Bertz CT molecular complexity index is 764. The zero-order chi connectivity index (χ0) is 15.5. The molecule has 0 atom stereocenters. The lowest BCUT2D eigenvalue weighted by molar-refractivity contribution is 0.488. The predicted molar refractivity (Wildman–Crippen MR) is 92.0 cm³/mol. The third kappa shape index (κ3) is 3.38. The highest BCUT2D eigenvalue weighted by atomic mass is 32.2. The van der Waals surface area contributed by atoms with Crippen molar-refractivity contribution in [2.24, 2.45) is 5.92 Å². The van der Waals surface area contributed by atoms with E-state index in [0.717, 1.165) is 39.3 Å². The molecule has 3 heterocycles. The summed E-state index contributed by atoms with van der Waals surface area (Å²) in [5.74, 6) is 2.23. The minimum atomic E-state index is 0.671. The standard InChI is InChI=1S/C14H18N6S2/c1-9(2)4-6-20-7-5-10(19-20)17-12-11-13(16-8-15-12)18-14(21-3)22-11/h5,7-9H,4,6H2,1-3H3,(H,15,16,17,19). The summed E-state index contributed by atoms with van der Waals surface area (Å²) in [6.07, 6.45) is 6.65. The second-order valence-electron chi connectivity index (χ2n) is 5.33. The fourth-order valence-electron chi connectivity index (χ4n) is 1.98. The molecule has 0 saturated heterocycles. The fourth-order valence-corrected chi connectivity index (χ4v) is 3.43. The Balaban J connectivity index is 1.79. The predicted octanol–water partition coefficient (Wildman–Crippen LogP) is 3.79. The van der Waals surface area contributed by atoms with Crippen LogP contribution in [0.3, 0.4) is 0 Å². The van der Waals surface area contributed by atoms with Crippen LogP contribution < -0.4 is 5.32 Å². The maximum Gasteiger partial charge on any atom is 0.176 e. The van der Waals surface area contributed by atoms with Crippen molar-refractivity contribution >= 4 is 45.1 Å². The monoisotopic (exact) mass is 334 g/mol. The van der Waals surface area contributed by atoms with E-state index in [9.17, 15) is 0 Å². The van der Waals surface area contributed by atoms with Gasteiger partial charge in [0.15, 0.2) is 21.6 Å². The van der Waals surface area contributed by atoms with Crippen molar-refractivity contribution in [2.45, 2.75) is 31.2 Å². The maximum absolute atomic E-state index is 4.54. The number of thioether (sulfide) groups is 1. The molecule has 0 saturated carbocycles. The van der Waals surface area contributed by atoms with Crippen molar-refractivity contribution in [3.8, 4) is 0 Å². The first-order valence-corrected chi connectivity index (χ1v) is 9.16. The minimum Gasteiger partial charge on any atom is -0.322 e. The molecule has 1 N–H and O–H groups in total. The van der Waals surface area contributed by atoms with E-state index < -0.39 is 0 Å². The quantitative estimate of drug-likeness (QED) is 0.692. The van der Waals surface area contributed by atoms with Gasteiger partial charge in [0.2, 0.25) is 0 Å². The molecule has 0 aromatic carbocycles. The lowest BCUT2D eigenvalue weighted by atomic mass is 10.1. The number of nitrogens with one attached hydrogen (secondary N) is 1. The van der Waals surface area contributed by atoms with Gasteiger partial charge in [-0.15, -0.1) is 11.3 Å². The van der Waals surface area contributed by atoms with Gasteiger partial charge < -0.3 is 5.32 Å². The van der Waals surface area contributed by atoms with Gasteiger partial charge in [-0.25, -0.2) is 15.0 Å². The first kappa shape index (κ1) is 15.2. The van der Waals surface area contributed by atoms with Crippen LogP contribution in [0.25, 0.3) is 10.3 Å². The van der Waals surface area contributed by atoms with Crippen molar-refractivity contribution in [1.29, 1.82) is 0 Å². The second-order valence-corrected chi connectivity index (χ2v) is 7.38. The van der Waals surface area contributed by atoms with E-state index in [1.165, 1.54) is 6.33 Å². The molecule has 22 heavy (non-hydrogen) atoms. The molecule has 0 spiro atoms. The maximum atomic E-state index is 4.54. The number of fused-ring (bicyclic) bond motifs is 1. The van der Waals surface area contributed by atoms with E-state index in [0.29, 0.717) is 5.92 Å². The van der Waals surface area contributed by atoms with Crippen molar-refractivity contribution in [2.75, 3.05) is 11.6 Å². The van der Waals surface area contributed by atoms with Gasteiger partial charge in [-0.1, -0.05) is 25.6 Å². The number of hydrogen-bond acceptors (Lipinski definition) is 7. The summed E-state index contributed by atoms with van der Waals surface area (Å²) in [5.41, 5.74) is 0.728. The number of rotatable bonds is 6. The molecule has 3 rings (SSSR count). The highest BCUT2D eigenvalue weighted by Gasteiger charge is 2.11. The molecule has 0 aliphatic rings. The topological polar surface area (TPSA) is 68.5 Å². The van der Waals surface area contributed by atoms with Crippen molar-refractivity contribution < 1.29 is 0 Å². The summed E-state index contributed by atoms with van der Waals surface area (Å²) >= 11 is 3.21. The van der Waals surface area contributed by atoms with E-state index in [1.807, 2.05) is 23.2 Å². The number of thiazole rings is 1. The summed E-state index contributed by atoms with van der Waals surface area (Å²) in [6, 6.07) is 1.96. The van der Waals surface area contributed by atoms with Gasteiger partial charge >= 0.3 is 0 Å². The Kier molecular flexibility index (Phi) is 4.58. The summed E-state index contributed by atoms with van der Waals surface area (Å²) in [6.45, 7) is 5.36. The van der Waals surface area contributed by atoms with Gasteiger partial charge in [0.05, 0.1) is 0 Å². The van der Waals surface area contributed by atoms with Crippen LogP contribution in [0.4, 0.5) is 11.6 Å². The van der Waals surface area contributed by atoms with E-state index in [1.54, 1.807) is 23.1 Å². The average Bonchev–Trinajstić information content (AvgIpc) is 3.11. The van der Waals surface area contributed by atoms with Gasteiger partial charge in [0, 0.05) is 18.8 Å². The van der Waals surface area contributed by atoms with Crippen LogP contribution >= 0.6 is 23.1 Å². The molecule has 3 aromatic heterocycles. The summed E-state index contributed by atoms with van der Waals surface area (Å²) in [5, 5.41) is 7.81. The molecule has 3 aromatic rings. The van der Waals surface area contributed by atoms with Crippen LogP contribution in [0.15, 0.2) is 22.9 Å². The van der Waals surface area contributed by atoms with Crippen LogP contribution in [0, 0.1) is 5.92 Å². The zero-order valence-corrected chi connectivity index (χ0v) is 14.4. The largest absolute Gasteiger partial charge is 0.322 e. The van der Waals surface area contributed by atoms with E-state index in [4.69, 9.17) is 0 Å². The third-order valence-electron chi connectivity index (χ3n) is 3.17. The van der Waals surface area contributed by atoms with Crippen LogP contribution in [-0.4, -0.2) is 31.0 Å². The molecule has 116 valence electrons. The Morgan fingerprint density at radius 3 is 3.00 bits per heavy atom. The van der Waals surface area contributed by atoms with Gasteiger partial charge in [-0.3, -0.25) is 4.68 Å². The minimum absolute atomic E-state index is 0.671. The summed E-state index contributed by atoms with van der Waals surface area (Å²) in [4.78, 5) is 13.0. The summed E-state index contributed by atoms with van der Waals surface area (Å²) in [7, 11) is 0. The first-order valence-electron chi connectivity index (χ1n) is 7.11. The molecule has 0 unspecified atom stereocenters. The Morgan fingerprint density at radius 2 is 2.23 bits per heavy atom. The Hall–Kier alpha value is -1.67. The van der Waals surface area contributed by atoms with E-state index >= 15 is 0 Å². The molecular weight excluding hydrogens is 316 g/mol. The SMILES string of the molecule is CSc1nc2ncnc(Nc3ccn(CCC(C)C)n3)c2s1. The van der Waals surface area contributed by atoms with Crippen molar-refractivity contribution in [3.05, 3.63) is 18.6 Å². The average molecular weight is 334 g/mol. The fraction of sp³-hybridized carbons (Fsp3) is 0.429.